The van der Waals surface area contributed by atoms with E-state index in [0.29, 0.717) is 32.2 Å². The average molecular weight is 504 g/mol. The summed E-state index contributed by atoms with van der Waals surface area (Å²) in [6, 6.07) is 5.13. The van der Waals surface area contributed by atoms with Crippen molar-refractivity contribution in [3.05, 3.63) is 57.4 Å². The molecule has 4 saturated carbocycles. The molecule has 0 N–H and O–H groups in total. The number of hydrogen-bond acceptors (Lipinski definition) is 5. The molecule has 0 unspecified atom stereocenters. The summed E-state index contributed by atoms with van der Waals surface area (Å²) < 4.78 is 10.2. The van der Waals surface area contributed by atoms with E-state index in [9.17, 15) is 9.59 Å². The molecule has 1 aliphatic heterocycles. The van der Waals surface area contributed by atoms with Crippen LogP contribution >= 0.6 is 23.2 Å². The summed E-state index contributed by atoms with van der Waals surface area (Å²) in [6.45, 7) is 0.751. The van der Waals surface area contributed by atoms with Gasteiger partial charge in [-0.25, -0.2) is 9.59 Å². The van der Waals surface area contributed by atoms with E-state index in [-0.39, 0.29) is 0 Å². The molecular weight excluding hydrogens is 473 g/mol. The molecule has 34 heavy (non-hydrogen) atoms. The van der Waals surface area contributed by atoms with Crippen molar-refractivity contribution in [2.75, 3.05) is 20.8 Å². The van der Waals surface area contributed by atoms with Gasteiger partial charge in [-0.1, -0.05) is 29.3 Å². The summed E-state index contributed by atoms with van der Waals surface area (Å²) in [5, 5.41) is 0.766. The third kappa shape index (κ3) is 4.37. The lowest BCUT2D eigenvalue weighted by atomic mass is 9.49. The second-order valence-electron chi connectivity index (χ2n) is 10.7. The molecule has 0 spiro atoms. The highest BCUT2D eigenvalue weighted by Gasteiger charge is 2.50. The van der Waals surface area contributed by atoms with Crippen molar-refractivity contribution in [3.63, 3.8) is 0 Å². The summed E-state index contributed by atoms with van der Waals surface area (Å²) in [5.74, 6) is 1.04. The van der Waals surface area contributed by atoms with Gasteiger partial charge in [-0.05, 0) is 85.8 Å². The smallest absolute Gasteiger partial charge is 0.336 e. The first-order chi connectivity index (χ1) is 16.3. The molecule has 4 fully saturated rings. The highest BCUT2D eigenvalue weighted by Crippen LogP contribution is 2.61. The van der Waals surface area contributed by atoms with E-state index in [1.54, 1.807) is 18.2 Å². The number of carbonyl (C=O) groups excluding carboxylic acids is 2. The molecule has 6 rings (SSSR count). The Hall–Kier alpha value is -1.98. The Kier molecular flexibility index (Phi) is 6.45. The molecule has 0 atom stereocenters. The number of carbonyl (C=O) groups is 2. The minimum atomic E-state index is -0.648. The van der Waals surface area contributed by atoms with Crippen molar-refractivity contribution in [2.45, 2.75) is 50.9 Å². The molecule has 4 bridgehead atoms. The van der Waals surface area contributed by atoms with Crippen molar-refractivity contribution in [2.24, 2.45) is 23.2 Å². The monoisotopic (exact) mass is 503 g/mol. The van der Waals surface area contributed by atoms with Crippen LogP contribution in [0.25, 0.3) is 0 Å². The van der Waals surface area contributed by atoms with E-state index in [0.717, 1.165) is 30.7 Å². The molecule has 5 nitrogen and oxygen atoms in total. The van der Waals surface area contributed by atoms with Crippen LogP contribution in [-0.2, 0) is 19.1 Å². The van der Waals surface area contributed by atoms with Gasteiger partial charge < -0.3 is 14.4 Å². The number of benzene rings is 1. The van der Waals surface area contributed by atoms with Gasteiger partial charge in [0.25, 0.3) is 0 Å². The molecular formula is C27H31Cl2NO4. The third-order valence-corrected chi connectivity index (χ3v) is 9.16. The van der Waals surface area contributed by atoms with Crippen LogP contribution in [-0.4, -0.2) is 37.6 Å². The molecule has 5 aliphatic rings. The van der Waals surface area contributed by atoms with Crippen LogP contribution in [0.1, 0.15) is 56.4 Å². The quantitative estimate of drug-likeness (QED) is 0.438. The fourth-order valence-electron chi connectivity index (χ4n) is 7.43. The Labute approximate surface area is 211 Å². The number of halogens is 2. The Balaban J connectivity index is 1.45. The van der Waals surface area contributed by atoms with Gasteiger partial charge in [0.2, 0.25) is 0 Å². The third-order valence-electron chi connectivity index (χ3n) is 8.42. The van der Waals surface area contributed by atoms with Crippen LogP contribution in [0.2, 0.25) is 10.0 Å². The van der Waals surface area contributed by atoms with Crippen LogP contribution in [0.3, 0.4) is 0 Å². The van der Waals surface area contributed by atoms with Gasteiger partial charge in [0, 0.05) is 18.9 Å². The van der Waals surface area contributed by atoms with E-state index in [2.05, 4.69) is 0 Å². The molecule has 1 aromatic rings. The van der Waals surface area contributed by atoms with Crippen LogP contribution < -0.4 is 0 Å². The van der Waals surface area contributed by atoms with E-state index in [4.69, 9.17) is 32.7 Å². The van der Waals surface area contributed by atoms with E-state index in [1.807, 2.05) is 17.3 Å². The number of esters is 2. The minimum Gasteiger partial charge on any atom is -0.466 e. The maximum absolute atomic E-state index is 12.9. The zero-order valence-electron chi connectivity index (χ0n) is 19.7. The lowest BCUT2D eigenvalue weighted by Gasteiger charge is -2.57. The largest absolute Gasteiger partial charge is 0.466 e. The predicted molar refractivity (Wildman–Crippen MR) is 131 cm³/mol. The summed E-state index contributed by atoms with van der Waals surface area (Å²) in [5.41, 5.74) is 1.85. The van der Waals surface area contributed by atoms with E-state index >= 15 is 0 Å². The second-order valence-corrected chi connectivity index (χ2v) is 11.5. The average Bonchev–Trinajstić information content (AvgIpc) is 2.82. The summed E-state index contributed by atoms with van der Waals surface area (Å²) in [6.07, 6.45) is 12.9. The number of nitrogens with zero attached hydrogens (tertiary/aromatic N) is 1. The first-order valence-corrected chi connectivity index (χ1v) is 12.9. The number of hydrogen-bond donors (Lipinski definition) is 0. The molecule has 1 heterocycles. The molecule has 0 amide bonds. The van der Waals surface area contributed by atoms with Crippen molar-refractivity contribution < 1.29 is 19.1 Å². The first kappa shape index (κ1) is 23.7. The van der Waals surface area contributed by atoms with Crippen molar-refractivity contribution in [1.82, 2.24) is 4.90 Å². The summed E-state index contributed by atoms with van der Waals surface area (Å²) in [7, 11) is 2.70. The van der Waals surface area contributed by atoms with Gasteiger partial charge in [-0.3, -0.25) is 0 Å². The maximum Gasteiger partial charge on any atom is 0.336 e. The zero-order valence-corrected chi connectivity index (χ0v) is 21.2. The summed E-state index contributed by atoms with van der Waals surface area (Å²) >= 11 is 12.4. The van der Waals surface area contributed by atoms with Gasteiger partial charge in [-0.15, -0.1) is 0 Å². The number of methoxy groups -OCH3 is 2. The molecule has 1 aromatic carbocycles. The Bertz CT molecular complexity index is 993. The minimum absolute atomic E-state index is 0.358. The Morgan fingerprint density at radius 2 is 1.44 bits per heavy atom. The van der Waals surface area contributed by atoms with Crippen LogP contribution in [0.4, 0.5) is 0 Å². The molecule has 0 saturated heterocycles. The Morgan fingerprint density at radius 3 is 1.91 bits per heavy atom. The number of rotatable bonds is 6. The molecule has 0 radical (unpaired) electrons. The van der Waals surface area contributed by atoms with Crippen molar-refractivity contribution in [3.8, 4) is 0 Å². The molecule has 4 aliphatic carbocycles. The van der Waals surface area contributed by atoms with E-state index in [1.165, 1.54) is 52.7 Å². The zero-order chi connectivity index (χ0) is 24.0. The van der Waals surface area contributed by atoms with Gasteiger partial charge in [0.05, 0.1) is 41.3 Å². The predicted octanol–water partition coefficient (Wildman–Crippen LogP) is 6.11. The maximum atomic E-state index is 12.9. The highest BCUT2D eigenvalue weighted by molar-refractivity contribution is 6.42. The fourth-order valence-corrected chi connectivity index (χ4v) is 7.74. The van der Waals surface area contributed by atoms with Gasteiger partial charge in [0.1, 0.15) is 0 Å². The van der Waals surface area contributed by atoms with Crippen LogP contribution in [0.5, 0.6) is 0 Å². The number of ether oxygens (including phenoxy) is 2. The normalized spacial score (nSPS) is 30.1. The molecule has 7 heteroatoms. The highest BCUT2D eigenvalue weighted by atomic mass is 35.5. The lowest BCUT2D eigenvalue weighted by Crippen LogP contribution is -2.47. The first-order valence-electron chi connectivity index (χ1n) is 12.1. The molecule has 182 valence electrons. The standard InChI is InChI=1S/C27H31Cl2NO4/c1-33-25(31)20-14-30(6-5-27-11-16-7-17(12-27)9-18(8-16)13-27)15-21(26(32)34-2)24(20)19-3-4-22(28)23(29)10-19/h3-4,10,14-18,24H,5-9,11-13H2,1-2H3. The van der Waals surface area contributed by atoms with Crippen molar-refractivity contribution >= 4 is 35.1 Å². The summed E-state index contributed by atoms with van der Waals surface area (Å²) in [4.78, 5) is 27.7. The van der Waals surface area contributed by atoms with Crippen LogP contribution in [0, 0.1) is 23.2 Å². The van der Waals surface area contributed by atoms with E-state index < -0.39 is 17.9 Å². The van der Waals surface area contributed by atoms with Crippen molar-refractivity contribution in [1.29, 1.82) is 0 Å². The van der Waals surface area contributed by atoms with Crippen LogP contribution in [0.15, 0.2) is 41.7 Å². The van der Waals surface area contributed by atoms with Gasteiger partial charge in [0.15, 0.2) is 0 Å². The topological polar surface area (TPSA) is 55.8 Å². The molecule has 0 aromatic heterocycles. The van der Waals surface area contributed by atoms with Gasteiger partial charge >= 0.3 is 11.9 Å². The second kappa shape index (κ2) is 9.23. The fraction of sp³-hybridized carbons (Fsp3) is 0.556. The Morgan fingerprint density at radius 1 is 0.912 bits per heavy atom. The van der Waals surface area contributed by atoms with Gasteiger partial charge in [-0.2, -0.15) is 0 Å². The SMILES string of the molecule is COC(=O)C1=CN(CCC23CC4CC(CC(C4)C2)C3)C=C(C(=O)OC)C1c1ccc(Cl)c(Cl)c1. The lowest BCUT2D eigenvalue weighted by molar-refractivity contribution is -0.137.